The molecule has 0 radical (unpaired) electrons. The van der Waals surface area contributed by atoms with E-state index in [1.807, 2.05) is 35.0 Å². The number of nitrogens with zero attached hydrogens (tertiary/aromatic N) is 1. The SMILES string of the molecule is CCOC(=O)CCCn1cc(C(=O)Nc2ccc(O)cc2)c2ccccc21. The van der Waals surface area contributed by atoms with Gasteiger partial charge < -0.3 is 19.7 Å². The molecule has 27 heavy (non-hydrogen) atoms. The van der Waals surface area contributed by atoms with Gasteiger partial charge in [0.05, 0.1) is 12.2 Å². The second-order valence-corrected chi connectivity index (χ2v) is 6.16. The van der Waals surface area contributed by atoms with Crippen LogP contribution in [-0.2, 0) is 16.1 Å². The van der Waals surface area contributed by atoms with Gasteiger partial charge in [0.2, 0.25) is 0 Å². The standard InChI is InChI=1S/C21H22N2O4/c1-2-27-20(25)8-5-13-23-14-18(17-6-3-4-7-19(17)23)21(26)22-15-9-11-16(24)12-10-15/h3-4,6-7,9-12,14,24H,2,5,8,13H2,1H3,(H,22,26). The van der Waals surface area contributed by atoms with Crippen LogP contribution in [0.1, 0.15) is 30.1 Å². The third-order valence-electron chi connectivity index (χ3n) is 4.24. The number of aromatic nitrogens is 1. The van der Waals surface area contributed by atoms with Crippen LogP contribution in [-0.4, -0.2) is 28.2 Å². The number of ether oxygens (including phenoxy) is 1. The minimum atomic E-state index is -0.221. The Morgan fingerprint density at radius 2 is 1.85 bits per heavy atom. The number of aryl methyl sites for hydroxylation is 1. The van der Waals surface area contributed by atoms with Crippen LogP contribution >= 0.6 is 0 Å². The second kappa shape index (κ2) is 8.40. The number of carbonyl (C=O) groups excluding carboxylic acids is 2. The van der Waals surface area contributed by atoms with Gasteiger partial charge in [0.25, 0.3) is 5.91 Å². The fraction of sp³-hybridized carbons (Fsp3) is 0.238. The molecule has 0 spiro atoms. The number of phenols is 1. The number of benzene rings is 2. The Morgan fingerprint density at radius 3 is 2.59 bits per heavy atom. The van der Waals surface area contributed by atoms with Crippen LogP contribution in [0, 0.1) is 0 Å². The molecule has 1 amide bonds. The van der Waals surface area contributed by atoms with Crippen molar-refractivity contribution in [3.05, 3.63) is 60.3 Å². The Hall–Kier alpha value is -3.28. The molecular formula is C21H22N2O4. The Balaban J connectivity index is 1.78. The smallest absolute Gasteiger partial charge is 0.305 e. The number of rotatable bonds is 7. The molecule has 0 atom stereocenters. The van der Waals surface area contributed by atoms with E-state index in [2.05, 4.69) is 5.32 Å². The van der Waals surface area contributed by atoms with Gasteiger partial charge in [0.15, 0.2) is 0 Å². The molecule has 6 heteroatoms. The number of carbonyl (C=O) groups is 2. The van der Waals surface area contributed by atoms with Crippen molar-refractivity contribution in [2.75, 3.05) is 11.9 Å². The zero-order valence-electron chi connectivity index (χ0n) is 15.1. The van der Waals surface area contributed by atoms with Crippen LogP contribution in [0.4, 0.5) is 5.69 Å². The molecule has 140 valence electrons. The van der Waals surface area contributed by atoms with Crippen LogP contribution in [0.5, 0.6) is 5.75 Å². The van der Waals surface area contributed by atoms with Crippen molar-refractivity contribution in [2.45, 2.75) is 26.3 Å². The fourth-order valence-electron chi connectivity index (χ4n) is 2.98. The van der Waals surface area contributed by atoms with Crippen molar-refractivity contribution in [1.82, 2.24) is 4.57 Å². The first-order chi connectivity index (χ1) is 13.1. The van der Waals surface area contributed by atoms with Crippen LogP contribution < -0.4 is 5.32 Å². The van der Waals surface area contributed by atoms with E-state index in [9.17, 15) is 14.7 Å². The Bertz CT molecular complexity index is 944. The maximum atomic E-state index is 12.7. The molecule has 2 aromatic carbocycles. The molecule has 0 aliphatic heterocycles. The molecule has 0 bridgehead atoms. The molecule has 2 N–H and O–H groups in total. The van der Waals surface area contributed by atoms with E-state index in [0.717, 1.165) is 10.9 Å². The highest BCUT2D eigenvalue weighted by atomic mass is 16.5. The van der Waals surface area contributed by atoms with Gasteiger partial charge in [-0.05, 0) is 43.7 Å². The quantitative estimate of drug-likeness (QED) is 0.490. The number of aromatic hydroxyl groups is 1. The van der Waals surface area contributed by atoms with Gasteiger partial charge in [-0.3, -0.25) is 9.59 Å². The molecule has 0 fully saturated rings. The van der Waals surface area contributed by atoms with Crippen molar-refractivity contribution in [3.8, 4) is 5.75 Å². The molecule has 0 aliphatic carbocycles. The van der Waals surface area contributed by atoms with Crippen molar-refractivity contribution >= 4 is 28.5 Å². The lowest BCUT2D eigenvalue weighted by atomic mass is 10.1. The zero-order chi connectivity index (χ0) is 19.2. The molecule has 1 aromatic heterocycles. The number of para-hydroxylation sites is 1. The monoisotopic (exact) mass is 366 g/mol. The number of fused-ring (bicyclic) bond motifs is 1. The minimum Gasteiger partial charge on any atom is -0.508 e. The minimum absolute atomic E-state index is 0.145. The first kappa shape index (κ1) is 18.5. The van der Waals surface area contributed by atoms with Crippen molar-refractivity contribution in [1.29, 1.82) is 0 Å². The van der Waals surface area contributed by atoms with E-state index in [1.165, 1.54) is 12.1 Å². The summed E-state index contributed by atoms with van der Waals surface area (Å²) in [5, 5.41) is 13.1. The summed E-state index contributed by atoms with van der Waals surface area (Å²) >= 11 is 0. The van der Waals surface area contributed by atoms with Crippen LogP contribution in [0.3, 0.4) is 0 Å². The number of phenolic OH excluding ortho intramolecular Hbond substituents is 1. The fourth-order valence-corrected chi connectivity index (χ4v) is 2.98. The summed E-state index contributed by atoms with van der Waals surface area (Å²) in [4.78, 5) is 24.3. The normalized spacial score (nSPS) is 10.7. The van der Waals surface area contributed by atoms with Crippen molar-refractivity contribution in [2.24, 2.45) is 0 Å². The highest BCUT2D eigenvalue weighted by Gasteiger charge is 2.15. The molecule has 6 nitrogen and oxygen atoms in total. The summed E-state index contributed by atoms with van der Waals surface area (Å²) in [5.41, 5.74) is 2.11. The van der Waals surface area contributed by atoms with Crippen molar-refractivity contribution in [3.63, 3.8) is 0 Å². The molecule has 3 aromatic rings. The summed E-state index contributed by atoms with van der Waals surface area (Å²) in [6.07, 6.45) is 2.79. The molecule has 3 rings (SSSR count). The van der Waals surface area contributed by atoms with E-state index in [1.54, 1.807) is 19.1 Å². The summed E-state index contributed by atoms with van der Waals surface area (Å²) in [6.45, 7) is 2.79. The van der Waals surface area contributed by atoms with Crippen LogP contribution in [0.25, 0.3) is 10.9 Å². The van der Waals surface area contributed by atoms with E-state index in [4.69, 9.17) is 4.74 Å². The number of hydrogen-bond acceptors (Lipinski definition) is 4. The first-order valence-corrected chi connectivity index (χ1v) is 8.92. The Morgan fingerprint density at radius 1 is 1.11 bits per heavy atom. The van der Waals surface area contributed by atoms with Gasteiger partial charge in [-0.25, -0.2) is 0 Å². The topological polar surface area (TPSA) is 80.6 Å². The lowest BCUT2D eigenvalue weighted by Gasteiger charge is -2.05. The van der Waals surface area contributed by atoms with Crippen LogP contribution in [0.2, 0.25) is 0 Å². The number of anilines is 1. The Kier molecular flexibility index (Phi) is 5.76. The predicted octanol–water partition coefficient (Wildman–Crippen LogP) is 3.94. The van der Waals surface area contributed by atoms with Crippen molar-refractivity contribution < 1.29 is 19.4 Å². The average molecular weight is 366 g/mol. The maximum Gasteiger partial charge on any atom is 0.305 e. The predicted molar refractivity (Wildman–Crippen MR) is 104 cm³/mol. The number of esters is 1. The summed E-state index contributed by atoms with van der Waals surface area (Å²) in [5.74, 6) is -0.286. The van der Waals surface area contributed by atoms with E-state index in [-0.39, 0.29) is 17.6 Å². The van der Waals surface area contributed by atoms with E-state index < -0.39 is 0 Å². The zero-order valence-corrected chi connectivity index (χ0v) is 15.1. The van der Waals surface area contributed by atoms with Gasteiger partial charge >= 0.3 is 5.97 Å². The number of hydrogen-bond donors (Lipinski definition) is 2. The molecule has 1 heterocycles. The largest absolute Gasteiger partial charge is 0.508 e. The molecule has 0 unspecified atom stereocenters. The lowest BCUT2D eigenvalue weighted by Crippen LogP contribution is -2.11. The maximum absolute atomic E-state index is 12.7. The van der Waals surface area contributed by atoms with Gasteiger partial charge in [-0.1, -0.05) is 18.2 Å². The van der Waals surface area contributed by atoms with Gasteiger partial charge in [-0.15, -0.1) is 0 Å². The van der Waals surface area contributed by atoms with Gasteiger partial charge in [-0.2, -0.15) is 0 Å². The number of amides is 1. The summed E-state index contributed by atoms with van der Waals surface area (Å²) < 4.78 is 6.94. The Labute approximate surface area is 157 Å². The average Bonchev–Trinajstić information content (AvgIpc) is 3.03. The highest BCUT2D eigenvalue weighted by Crippen LogP contribution is 2.23. The molecular weight excluding hydrogens is 344 g/mol. The summed E-state index contributed by atoms with van der Waals surface area (Å²) in [7, 11) is 0. The second-order valence-electron chi connectivity index (χ2n) is 6.16. The summed E-state index contributed by atoms with van der Waals surface area (Å²) in [6, 6.07) is 14.0. The third kappa shape index (κ3) is 4.47. The lowest BCUT2D eigenvalue weighted by molar-refractivity contribution is -0.143. The third-order valence-corrected chi connectivity index (χ3v) is 4.24. The molecule has 0 saturated carbocycles. The van der Waals surface area contributed by atoms with E-state index >= 15 is 0 Å². The molecule has 0 saturated heterocycles. The van der Waals surface area contributed by atoms with Gasteiger partial charge in [0.1, 0.15) is 5.75 Å². The van der Waals surface area contributed by atoms with Gasteiger partial charge in [0, 0.05) is 35.8 Å². The number of nitrogens with one attached hydrogen (secondary N) is 1. The van der Waals surface area contributed by atoms with E-state index in [0.29, 0.717) is 37.2 Å². The van der Waals surface area contributed by atoms with Crippen LogP contribution in [0.15, 0.2) is 54.7 Å². The highest BCUT2D eigenvalue weighted by molar-refractivity contribution is 6.13. The molecule has 0 aliphatic rings. The first-order valence-electron chi connectivity index (χ1n) is 8.92.